The highest BCUT2D eigenvalue weighted by molar-refractivity contribution is 8.13. The van der Waals surface area contributed by atoms with E-state index >= 15 is 0 Å². The molecule has 3 nitrogen and oxygen atoms in total. The molecule has 4 heteroatoms. The predicted octanol–water partition coefficient (Wildman–Crippen LogP) is 5.19. The topological polar surface area (TPSA) is 41.5 Å². The van der Waals surface area contributed by atoms with Crippen molar-refractivity contribution in [2.75, 3.05) is 18.1 Å². The number of carbonyl (C=O) groups is 1. The van der Waals surface area contributed by atoms with Crippen molar-refractivity contribution in [2.24, 2.45) is 16.8 Å². The number of fused-ring (bicyclic) bond motifs is 1. The van der Waals surface area contributed by atoms with E-state index in [1.807, 2.05) is 46.1 Å². The van der Waals surface area contributed by atoms with Gasteiger partial charge in [-0.1, -0.05) is 46.8 Å². The minimum absolute atomic E-state index is 0.0812. The van der Waals surface area contributed by atoms with Crippen molar-refractivity contribution in [3.05, 3.63) is 29.3 Å². The van der Waals surface area contributed by atoms with Gasteiger partial charge in [0, 0.05) is 12.2 Å². The summed E-state index contributed by atoms with van der Waals surface area (Å²) in [6.45, 7) is 10.9. The van der Waals surface area contributed by atoms with Crippen LogP contribution in [0.3, 0.4) is 0 Å². The molecule has 2 aliphatic rings. The molecule has 2 atom stereocenters. The number of benzene rings is 1. The number of carbonyl (C=O) groups excluding carboxylic acids is 1. The Bertz CT molecular complexity index is 569. The van der Waals surface area contributed by atoms with E-state index in [0.29, 0.717) is 5.92 Å². The van der Waals surface area contributed by atoms with Gasteiger partial charge in [0.15, 0.2) is 0 Å². The van der Waals surface area contributed by atoms with Crippen molar-refractivity contribution in [2.45, 2.75) is 53.9 Å². The Balaban J connectivity index is 0.000000671. The summed E-state index contributed by atoms with van der Waals surface area (Å²) in [5.41, 5.74) is 3.72. The first-order valence-electron chi connectivity index (χ1n) is 9.20. The zero-order valence-electron chi connectivity index (χ0n) is 16.0. The Hall–Kier alpha value is -1.29. The lowest BCUT2D eigenvalue weighted by Crippen LogP contribution is -2.30. The maximum atomic E-state index is 12.6. The highest BCUT2D eigenvalue weighted by atomic mass is 32.2. The number of nitrogens with one attached hydrogen (secondary N) is 1. The van der Waals surface area contributed by atoms with Gasteiger partial charge in [-0.3, -0.25) is 9.79 Å². The van der Waals surface area contributed by atoms with Gasteiger partial charge in [0.1, 0.15) is 0 Å². The quantitative estimate of drug-likeness (QED) is 0.798. The Morgan fingerprint density at radius 3 is 2.58 bits per heavy atom. The number of aryl methyl sites for hydroxylation is 1. The van der Waals surface area contributed by atoms with Gasteiger partial charge in [0.05, 0.1) is 11.0 Å². The molecular weight excluding hydrogens is 316 g/mol. The first-order valence-corrected chi connectivity index (χ1v) is 10.4. The van der Waals surface area contributed by atoms with E-state index in [9.17, 15) is 4.79 Å². The fourth-order valence-corrected chi connectivity index (χ4v) is 3.99. The maximum Gasteiger partial charge on any atom is 0.234 e. The Morgan fingerprint density at radius 1 is 1.21 bits per heavy atom. The van der Waals surface area contributed by atoms with Gasteiger partial charge in [-0.25, -0.2) is 0 Å². The van der Waals surface area contributed by atoms with Gasteiger partial charge in [-0.05, 0) is 48.6 Å². The standard InChI is InChI=1S/C16H20N2OS.2C2H6/c1-10-9-17-16(20-2)14(10)15(19)18-13-8-4-6-11-5-3-7-12(11)13;2*1-2/h4,6,8,10,14H,3,5,7,9H2,1-2H3,(H,18,19);2*1-2H3. The van der Waals surface area contributed by atoms with E-state index in [1.54, 1.807) is 11.8 Å². The molecule has 0 saturated carbocycles. The summed E-state index contributed by atoms with van der Waals surface area (Å²) >= 11 is 1.60. The number of rotatable bonds is 2. The van der Waals surface area contributed by atoms with Crippen LogP contribution in [0.25, 0.3) is 0 Å². The molecule has 0 bridgehead atoms. The largest absolute Gasteiger partial charge is 0.325 e. The Morgan fingerprint density at radius 2 is 1.92 bits per heavy atom. The summed E-state index contributed by atoms with van der Waals surface area (Å²) in [5.74, 6) is 0.319. The lowest BCUT2D eigenvalue weighted by Gasteiger charge is -2.18. The minimum Gasteiger partial charge on any atom is -0.325 e. The van der Waals surface area contributed by atoms with Crippen LogP contribution in [0.5, 0.6) is 0 Å². The third-order valence-corrected chi connectivity index (χ3v) is 5.07. The molecule has 2 unspecified atom stereocenters. The van der Waals surface area contributed by atoms with Crippen molar-refractivity contribution < 1.29 is 4.79 Å². The molecule has 1 N–H and O–H groups in total. The Kier molecular flexibility index (Phi) is 9.12. The molecule has 1 heterocycles. The third-order valence-electron chi connectivity index (χ3n) is 4.27. The third kappa shape index (κ3) is 4.62. The molecule has 0 radical (unpaired) electrons. The van der Waals surface area contributed by atoms with Crippen molar-refractivity contribution >= 4 is 28.4 Å². The van der Waals surface area contributed by atoms with Crippen molar-refractivity contribution in [1.29, 1.82) is 0 Å². The van der Waals surface area contributed by atoms with Gasteiger partial charge in [-0.15, -0.1) is 11.8 Å². The van der Waals surface area contributed by atoms with E-state index in [1.165, 1.54) is 17.5 Å². The number of hydrogen-bond donors (Lipinski definition) is 1. The predicted molar refractivity (Wildman–Crippen MR) is 108 cm³/mol. The first kappa shape index (κ1) is 20.8. The van der Waals surface area contributed by atoms with Gasteiger partial charge >= 0.3 is 0 Å². The summed E-state index contributed by atoms with van der Waals surface area (Å²) in [7, 11) is 0. The molecule has 0 fully saturated rings. The molecule has 24 heavy (non-hydrogen) atoms. The van der Waals surface area contributed by atoms with Crippen LogP contribution in [0.1, 0.15) is 52.2 Å². The molecule has 1 aromatic carbocycles. The lowest BCUT2D eigenvalue weighted by atomic mass is 9.96. The monoisotopic (exact) mass is 348 g/mol. The summed E-state index contributed by atoms with van der Waals surface area (Å²) in [5, 5.41) is 4.12. The second kappa shape index (κ2) is 10.5. The molecule has 134 valence electrons. The van der Waals surface area contributed by atoms with Crippen LogP contribution in [-0.2, 0) is 17.6 Å². The highest BCUT2D eigenvalue weighted by Gasteiger charge is 2.34. The van der Waals surface area contributed by atoms with Crippen LogP contribution in [0.15, 0.2) is 23.2 Å². The average molecular weight is 349 g/mol. The normalized spacial score (nSPS) is 20.8. The summed E-state index contributed by atoms with van der Waals surface area (Å²) in [6, 6.07) is 6.24. The van der Waals surface area contributed by atoms with Crippen LogP contribution in [0.4, 0.5) is 5.69 Å². The van der Waals surface area contributed by atoms with Gasteiger partial charge in [0.2, 0.25) is 5.91 Å². The number of nitrogens with zero attached hydrogens (tertiary/aromatic N) is 1. The molecule has 0 spiro atoms. The van der Waals surface area contributed by atoms with E-state index in [-0.39, 0.29) is 11.8 Å². The maximum absolute atomic E-state index is 12.6. The van der Waals surface area contributed by atoms with Gasteiger partial charge in [0.25, 0.3) is 0 Å². The van der Waals surface area contributed by atoms with Crippen LogP contribution in [0, 0.1) is 11.8 Å². The van der Waals surface area contributed by atoms with Gasteiger partial charge in [-0.2, -0.15) is 0 Å². The van der Waals surface area contributed by atoms with Crippen LogP contribution >= 0.6 is 11.8 Å². The lowest BCUT2D eigenvalue weighted by molar-refractivity contribution is -0.118. The van der Waals surface area contributed by atoms with Crippen LogP contribution < -0.4 is 5.32 Å². The number of aliphatic imine (C=N–C) groups is 1. The van der Waals surface area contributed by atoms with E-state index in [0.717, 1.165) is 30.1 Å². The van der Waals surface area contributed by atoms with Crippen molar-refractivity contribution in [3.8, 4) is 0 Å². The smallest absolute Gasteiger partial charge is 0.234 e. The SMILES string of the molecule is CC.CC.CSC1=NCC(C)C1C(=O)Nc1cccc2c1CCC2. The zero-order valence-corrected chi connectivity index (χ0v) is 16.8. The Labute approximate surface area is 151 Å². The molecule has 0 saturated heterocycles. The van der Waals surface area contributed by atoms with E-state index < -0.39 is 0 Å². The minimum atomic E-state index is -0.0812. The van der Waals surface area contributed by atoms with Crippen LogP contribution in [-0.4, -0.2) is 23.8 Å². The average Bonchev–Trinajstić information content (AvgIpc) is 3.25. The number of anilines is 1. The second-order valence-corrected chi connectivity index (χ2v) is 6.45. The summed E-state index contributed by atoms with van der Waals surface area (Å²) in [6.07, 6.45) is 5.41. The van der Waals surface area contributed by atoms with Crippen molar-refractivity contribution in [3.63, 3.8) is 0 Å². The fraction of sp³-hybridized carbons (Fsp3) is 0.600. The van der Waals surface area contributed by atoms with Crippen molar-refractivity contribution in [1.82, 2.24) is 0 Å². The number of thioether (sulfide) groups is 1. The first-order chi connectivity index (χ1) is 11.7. The highest BCUT2D eigenvalue weighted by Crippen LogP contribution is 2.31. The molecule has 1 aromatic rings. The number of amides is 1. The zero-order chi connectivity index (χ0) is 18.1. The van der Waals surface area contributed by atoms with E-state index in [4.69, 9.17) is 0 Å². The second-order valence-electron chi connectivity index (χ2n) is 5.62. The molecule has 1 aliphatic carbocycles. The number of hydrogen-bond acceptors (Lipinski definition) is 3. The molecule has 3 rings (SSSR count). The van der Waals surface area contributed by atoms with E-state index in [2.05, 4.69) is 23.3 Å². The molecule has 0 aromatic heterocycles. The fourth-order valence-electron chi connectivity index (χ4n) is 3.19. The summed E-state index contributed by atoms with van der Waals surface area (Å²) < 4.78 is 0. The summed E-state index contributed by atoms with van der Waals surface area (Å²) in [4.78, 5) is 17.1. The molecule has 1 aliphatic heterocycles. The molecular formula is C20H32N2OS. The van der Waals surface area contributed by atoms with Crippen LogP contribution in [0.2, 0.25) is 0 Å². The molecule has 1 amide bonds. The van der Waals surface area contributed by atoms with Gasteiger partial charge < -0.3 is 5.32 Å².